The molecule has 17 heavy (non-hydrogen) atoms. The zero-order valence-electron chi connectivity index (χ0n) is 9.15. The highest BCUT2D eigenvalue weighted by atomic mass is 35.5. The number of aryl methyl sites for hydroxylation is 1. The van der Waals surface area contributed by atoms with E-state index in [4.69, 9.17) is 23.2 Å². The van der Waals surface area contributed by atoms with Crippen LogP contribution in [-0.4, -0.2) is 15.3 Å². The molecule has 0 unspecified atom stereocenters. The molecule has 3 nitrogen and oxygen atoms in total. The van der Waals surface area contributed by atoms with Gasteiger partial charge in [-0.2, -0.15) is 0 Å². The minimum absolute atomic E-state index is 0.179. The molecule has 2 rings (SSSR count). The van der Waals surface area contributed by atoms with Gasteiger partial charge >= 0.3 is 0 Å². The summed E-state index contributed by atoms with van der Waals surface area (Å²) in [5, 5.41) is 0.880. The number of hydrogen-bond acceptors (Lipinski definition) is 2. The molecular formula is C12H10Cl2N2O. The Kier molecular flexibility index (Phi) is 3.50. The van der Waals surface area contributed by atoms with Gasteiger partial charge < -0.3 is 4.57 Å². The van der Waals surface area contributed by atoms with Gasteiger partial charge in [0.15, 0.2) is 5.82 Å². The Morgan fingerprint density at radius 1 is 1.29 bits per heavy atom. The van der Waals surface area contributed by atoms with E-state index in [-0.39, 0.29) is 5.78 Å². The van der Waals surface area contributed by atoms with Gasteiger partial charge in [0.25, 0.3) is 0 Å². The molecule has 88 valence electrons. The molecule has 0 aliphatic rings. The SMILES string of the molecule is CCn1ccnc1C(=O)c1cc(Cl)cc(Cl)c1. The summed E-state index contributed by atoms with van der Waals surface area (Å²) < 4.78 is 1.77. The normalized spacial score (nSPS) is 10.5. The maximum absolute atomic E-state index is 12.2. The van der Waals surface area contributed by atoms with Gasteiger partial charge in [-0.25, -0.2) is 4.98 Å². The number of carbonyl (C=O) groups excluding carboxylic acids is 1. The number of benzene rings is 1. The van der Waals surface area contributed by atoms with Crippen molar-refractivity contribution in [3.05, 3.63) is 52.0 Å². The summed E-state index contributed by atoms with van der Waals surface area (Å²) in [7, 11) is 0. The van der Waals surface area contributed by atoms with Gasteiger partial charge in [0.1, 0.15) is 0 Å². The average molecular weight is 269 g/mol. The van der Waals surface area contributed by atoms with Crippen molar-refractivity contribution in [2.75, 3.05) is 0 Å². The Balaban J connectivity index is 2.43. The minimum Gasteiger partial charge on any atom is -0.328 e. The number of rotatable bonds is 3. The Labute approximate surface area is 109 Å². The van der Waals surface area contributed by atoms with E-state index in [0.29, 0.717) is 28.0 Å². The van der Waals surface area contributed by atoms with Crippen molar-refractivity contribution in [1.29, 1.82) is 0 Å². The minimum atomic E-state index is -0.179. The Morgan fingerprint density at radius 2 is 1.94 bits per heavy atom. The van der Waals surface area contributed by atoms with Gasteiger partial charge in [0.2, 0.25) is 5.78 Å². The first kappa shape index (κ1) is 12.1. The average Bonchev–Trinajstić information content (AvgIpc) is 2.74. The predicted molar refractivity (Wildman–Crippen MR) is 67.8 cm³/mol. The Morgan fingerprint density at radius 3 is 2.53 bits per heavy atom. The highest BCUT2D eigenvalue weighted by Crippen LogP contribution is 2.20. The maximum Gasteiger partial charge on any atom is 0.228 e. The molecule has 0 saturated heterocycles. The maximum atomic E-state index is 12.2. The first-order chi connectivity index (χ1) is 8.11. The lowest BCUT2D eigenvalue weighted by Gasteiger charge is -2.04. The van der Waals surface area contributed by atoms with E-state index in [1.807, 2.05) is 6.92 Å². The molecule has 0 amide bonds. The van der Waals surface area contributed by atoms with Crippen molar-refractivity contribution in [2.24, 2.45) is 0 Å². The largest absolute Gasteiger partial charge is 0.328 e. The topological polar surface area (TPSA) is 34.9 Å². The van der Waals surface area contributed by atoms with Crippen molar-refractivity contribution in [3.8, 4) is 0 Å². The highest BCUT2D eigenvalue weighted by molar-refractivity contribution is 6.35. The molecule has 5 heteroatoms. The number of halogens is 2. The monoisotopic (exact) mass is 268 g/mol. The molecule has 0 saturated carbocycles. The quantitative estimate of drug-likeness (QED) is 0.800. The van der Waals surface area contributed by atoms with Crippen LogP contribution in [-0.2, 0) is 6.54 Å². The number of hydrogen-bond donors (Lipinski definition) is 0. The van der Waals surface area contributed by atoms with E-state index in [0.717, 1.165) is 0 Å². The van der Waals surface area contributed by atoms with Gasteiger partial charge in [0.05, 0.1) is 0 Å². The Hall–Kier alpha value is -1.32. The Bertz CT molecular complexity index is 543. The van der Waals surface area contributed by atoms with Crippen LogP contribution in [0.1, 0.15) is 23.1 Å². The lowest BCUT2D eigenvalue weighted by atomic mass is 10.1. The van der Waals surface area contributed by atoms with Crippen LogP contribution in [0.5, 0.6) is 0 Å². The fraction of sp³-hybridized carbons (Fsp3) is 0.167. The van der Waals surface area contributed by atoms with Crippen LogP contribution in [0, 0.1) is 0 Å². The summed E-state index contributed by atoms with van der Waals surface area (Å²) in [6.45, 7) is 2.64. The van der Waals surface area contributed by atoms with Gasteiger partial charge in [-0.05, 0) is 25.1 Å². The fourth-order valence-corrected chi connectivity index (χ4v) is 2.11. The zero-order valence-corrected chi connectivity index (χ0v) is 10.7. The van der Waals surface area contributed by atoms with E-state index in [2.05, 4.69) is 4.98 Å². The molecule has 1 aromatic carbocycles. The van der Waals surface area contributed by atoms with Crippen LogP contribution < -0.4 is 0 Å². The summed E-state index contributed by atoms with van der Waals surface area (Å²) in [5.41, 5.74) is 0.448. The van der Waals surface area contributed by atoms with Crippen LogP contribution in [0.15, 0.2) is 30.6 Å². The first-order valence-electron chi connectivity index (χ1n) is 5.13. The van der Waals surface area contributed by atoms with Crippen molar-refractivity contribution < 1.29 is 4.79 Å². The molecule has 1 heterocycles. The van der Waals surface area contributed by atoms with Crippen molar-refractivity contribution in [2.45, 2.75) is 13.5 Å². The second-order valence-corrected chi connectivity index (χ2v) is 4.40. The van der Waals surface area contributed by atoms with Crippen LogP contribution in [0.3, 0.4) is 0 Å². The standard InChI is InChI=1S/C12H10Cl2N2O/c1-2-16-4-3-15-12(16)11(17)8-5-9(13)7-10(14)6-8/h3-7H,2H2,1H3. The molecule has 0 bridgehead atoms. The third kappa shape index (κ3) is 2.51. The predicted octanol–water partition coefficient (Wildman–Crippen LogP) is 3.44. The summed E-state index contributed by atoms with van der Waals surface area (Å²) in [5.74, 6) is 0.215. The van der Waals surface area contributed by atoms with Crippen LogP contribution in [0.2, 0.25) is 10.0 Å². The molecule has 0 atom stereocenters. The number of nitrogens with zero attached hydrogens (tertiary/aromatic N) is 2. The van der Waals surface area contributed by atoms with Gasteiger partial charge in [0, 0.05) is 34.5 Å². The third-order valence-electron chi connectivity index (χ3n) is 2.38. The van der Waals surface area contributed by atoms with Crippen molar-refractivity contribution in [1.82, 2.24) is 9.55 Å². The van der Waals surface area contributed by atoms with Crippen molar-refractivity contribution in [3.63, 3.8) is 0 Å². The van der Waals surface area contributed by atoms with E-state index >= 15 is 0 Å². The molecular weight excluding hydrogens is 259 g/mol. The molecule has 0 radical (unpaired) electrons. The second kappa shape index (κ2) is 4.90. The van der Waals surface area contributed by atoms with E-state index in [1.54, 1.807) is 35.2 Å². The molecule has 2 aromatic rings. The lowest BCUT2D eigenvalue weighted by molar-refractivity contribution is 0.102. The molecule has 0 N–H and O–H groups in total. The van der Waals surface area contributed by atoms with Gasteiger partial charge in [-0.3, -0.25) is 4.79 Å². The highest BCUT2D eigenvalue weighted by Gasteiger charge is 2.15. The third-order valence-corrected chi connectivity index (χ3v) is 2.82. The molecule has 0 spiro atoms. The van der Waals surface area contributed by atoms with Crippen molar-refractivity contribution >= 4 is 29.0 Å². The first-order valence-corrected chi connectivity index (χ1v) is 5.89. The van der Waals surface area contributed by atoms with E-state index < -0.39 is 0 Å². The van der Waals surface area contributed by atoms with Crippen LogP contribution >= 0.6 is 23.2 Å². The summed E-state index contributed by atoms with van der Waals surface area (Å²) in [4.78, 5) is 16.2. The molecule has 1 aromatic heterocycles. The van der Waals surface area contributed by atoms with E-state index in [9.17, 15) is 4.79 Å². The van der Waals surface area contributed by atoms with Crippen LogP contribution in [0.25, 0.3) is 0 Å². The molecule has 0 fully saturated rings. The molecule has 0 aliphatic carbocycles. The smallest absolute Gasteiger partial charge is 0.228 e. The number of imidazole rings is 1. The van der Waals surface area contributed by atoms with Gasteiger partial charge in [-0.15, -0.1) is 0 Å². The zero-order chi connectivity index (χ0) is 12.4. The number of carbonyl (C=O) groups is 1. The lowest BCUT2D eigenvalue weighted by Crippen LogP contribution is -2.10. The summed E-state index contributed by atoms with van der Waals surface area (Å²) >= 11 is 11.7. The number of ketones is 1. The summed E-state index contributed by atoms with van der Waals surface area (Å²) in [6.07, 6.45) is 3.36. The van der Waals surface area contributed by atoms with Crippen LogP contribution in [0.4, 0.5) is 0 Å². The summed E-state index contributed by atoms with van der Waals surface area (Å²) in [6, 6.07) is 4.76. The second-order valence-electron chi connectivity index (χ2n) is 3.52. The fourth-order valence-electron chi connectivity index (χ4n) is 1.59. The molecule has 0 aliphatic heterocycles. The van der Waals surface area contributed by atoms with Gasteiger partial charge in [-0.1, -0.05) is 23.2 Å². The number of aromatic nitrogens is 2. The van der Waals surface area contributed by atoms with E-state index in [1.165, 1.54) is 0 Å².